The molecular formula is C23H25N3OS. The highest BCUT2D eigenvalue weighted by molar-refractivity contribution is 7.15. The molecule has 0 radical (unpaired) electrons. The number of carbonyl (C=O) groups excluding carboxylic acids is 1. The van der Waals surface area contributed by atoms with Crippen molar-refractivity contribution in [2.45, 2.75) is 44.6 Å². The lowest BCUT2D eigenvalue weighted by Gasteiger charge is -2.54. The molecule has 1 aromatic carbocycles. The number of nitrogens with zero attached hydrogens (tertiary/aromatic N) is 2. The van der Waals surface area contributed by atoms with Crippen LogP contribution in [0.25, 0.3) is 16.2 Å². The molecule has 4 saturated carbocycles. The molecule has 2 aromatic heterocycles. The van der Waals surface area contributed by atoms with E-state index in [-0.39, 0.29) is 5.91 Å². The van der Waals surface area contributed by atoms with Crippen LogP contribution in [0.5, 0.6) is 0 Å². The number of carbonyl (C=O) groups is 1. The average Bonchev–Trinajstić information content (AvgIpc) is 3.27. The predicted octanol–water partition coefficient (Wildman–Crippen LogP) is 4.55. The summed E-state index contributed by atoms with van der Waals surface area (Å²) in [4.78, 5) is 18.6. The molecule has 4 bridgehead atoms. The van der Waals surface area contributed by atoms with Gasteiger partial charge in [0.05, 0.1) is 12.1 Å². The van der Waals surface area contributed by atoms with Crippen molar-refractivity contribution in [1.29, 1.82) is 0 Å². The zero-order chi connectivity index (χ0) is 18.7. The van der Waals surface area contributed by atoms with E-state index < -0.39 is 0 Å². The van der Waals surface area contributed by atoms with Crippen molar-refractivity contribution in [3.05, 3.63) is 47.6 Å². The first-order chi connectivity index (χ1) is 13.7. The summed E-state index contributed by atoms with van der Waals surface area (Å²) in [6.45, 7) is 0. The van der Waals surface area contributed by atoms with E-state index in [1.807, 2.05) is 18.2 Å². The molecule has 0 saturated heterocycles. The van der Waals surface area contributed by atoms with Crippen molar-refractivity contribution in [3.63, 3.8) is 0 Å². The highest BCUT2D eigenvalue weighted by Gasteiger charge is 2.48. The molecule has 0 aliphatic heterocycles. The Morgan fingerprint density at radius 3 is 2.50 bits per heavy atom. The molecule has 144 valence electrons. The van der Waals surface area contributed by atoms with Crippen molar-refractivity contribution >= 4 is 22.2 Å². The van der Waals surface area contributed by atoms with Gasteiger partial charge < -0.3 is 5.32 Å². The van der Waals surface area contributed by atoms with E-state index in [4.69, 9.17) is 4.98 Å². The molecule has 2 heterocycles. The average molecular weight is 392 g/mol. The fourth-order valence-corrected chi connectivity index (χ4v) is 7.14. The maximum absolute atomic E-state index is 12.9. The molecule has 3 aromatic rings. The largest absolute Gasteiger partial charge is 0.352 e. The summed E-state index contributed by atoms with van der Waals surface area (Å²) in [5.41, 5.74) is 3.12. The third kappa shape index (κ3) is 2.79. The number of aromatic nitrogens is 2. The molecule has 4 nitrogen and oxygen atoms in total. The molecule has 0 unspecified atom stereocenters. The van der Waals surface area contributed by atoms with E-state index in [1.165, 1.54) is 32.1 Å². The highest BCUT2D eigenvalue weighted by atomic mass is 32.1. The van der Waals surface area contributed by atoms with E-state index >= 15 is 0 Å². The summed E-state index contributed by atoms with van der Waals surface area (Å²) >= 11 is 1.61. The molecule has 5 heteroatoms. The van der Waals surface area contributed by atoms with Gasteiger partial charge in [0.15, 0.2) is 4.96 Å². The van der Waals surface area contributed by atoms with Gasteiger partial charge in [0, 0.05) is 28.9 Å². The van der Waals surface area contributed by atoms with Crippen LogP contribution >= 0.6 is 11.3 Å². The first-order valence-corrected chi connectivity index (χ1v) is 11.4. The minimum atomic E-state index is 0.173. The van der Waals surface area contributed by atoms with E-state index in [0.29, 0.717) is 12.5 Å². The number of thiazole rings is 1. The fourth-order valence-electron chi connectivity index (χ4n) is 6.27. The van der Waals surface area contributed by atoms with Crippen LogP contribution in [0.1, 0.15) is 37.8 Å². The van der Waals surface area contributed by atoms with E-state index in [2.05, 4.69) is 33.4 Å². The molecule has 1 amide bonds. The van der Waals surface area contributed by atoms with Crippen LogP contribution < -0.4 is 5.32 Å². The van der Waals surface area contributed by atoms with Gasteiger partial charge in [-0.25, -0.2) is 4.98 Å². The third-order valence-electron chi connectivity index (χ3n) is 7.25. The van der Waals surface area contributed by atoms with Gasteiger partial charge in [0.25, 0.3) is 0 Å². The van der Waals surface area contributed by atoms with Crippen LogP contribution in [-0.2, 0) is 11.2 Å². The molecule has 4 aliphatic rings. The quantitative estimate of drug-likeness (QED) is 0.709. The van der Waals surface area contributed by atoms with E-state index in [1.54, 1.807) is 11.3 Å². The van der Waals surface area contributed by atoms with Gasteiger partial charge in [0.1, 0.15) is 0 Å². The molecule has 1 N–H and O–H groups in total. The van der Waals surface area contributed by atoms with Crippen LogP contribution in [0, 0.1) is 23.7 Å². The molecule has 7 rings (SSSR count). The highest BCUT2D eigenvalue weighted by Crippen LogP contribution is 2.53. The van der Waals surface area contributed by atoms with E-state index in [9.17, 15) is 4.79 Å². The lowest BCUT2D eigenvalue weighted by atomic mass is 9.54. The lowest BCUT2D eigenvalue weighted by molar-refractivity contribution is -0.124. The summed E-state index contributed by atoms with van der Waals surface area (Å²) in [6.07, 6.45) is 9.29. The smallest absolute Gasteiger partial charge is 0.226 e. The van der Waals surface area contributed by atoms with Gasteiger partial charge in [-0.2, -0.15) is 0 Å². The van der Waals surface area contributed by atoms with E-state index in [0.717, 1.165) is 45.6 Å². The van der Waals surface area contributed by atoms with Crippen molar-refractivity contribution in [2.75, 3.05) is 0 Å². The van der Waals surface area contributed by atoms with Crippen molar-refractivity contribution in [2.24, 2.45) is 23.7 Å². The summed E-state index contributed by atoms with van der Waals surface area (Å²) < 4.78 is 2.09. The maximum atomic E-state index is 12.9. The van der Waals surface area contributed by atoms with Crippen molar-refractivity contribution in [3.8, 4) is 11.3 Å². The van der Waals surface area contributed by atoms with Crippen molar-refractivity contribution in [1.82, 2.24) is 14.7 Å². The Morgan fingerprint density at radius 2 is 1.79 bits per heavy atom. The normalized spacial score (nSPS) is 30.8. The second-order valence-corrected chi connectivity index (χ2v) is 9.91. The standard InChI is InChI=1S/C23H25N3OS/c27-21(25-22-17-7-14-6-15(9-17)10-18(22)8-14)11-19-13-28-23-24-20(12-26(19)23)16-4-2-1-3-5-16/h1-5,12-15,17-18,22H,6-11H2,(H,25,27). The Labute approximate surface area is 169 Å². The number of rotatable bonds is 4. The van der Waals surface area contributed by atoms with Crippen molar-refractivity contribution < 1.29 is 4.79 Å². The van der Waals surface area contributed by atoms with Crippen LogP contribution in [-0.4, -0.2) is 21.3 Å². The van der Waals surface area contributed by atoms with Crippen LogP contribution in [0.3, 0.4) is 0 Å². The summed E-state index contributed by atoms with van der Waals surface area (Å²) in [5.74, 6) is 3.50. The predicted molar refractivity (Wildman–Crippen MR) is 111 cm³/mol. The minimum Gasteiger partial charge on any atom is -0.352 e. The first-order valence-electron chi connectivity index (χ1n) is 10.5. The second-order valence-electron chi connectivity index (χ2n) is 9.07. The van der Waals surface area contributed by atoms with Gasteiger partial charge in [-0.3, -0.25) is 9.20 Å². The van der Waals surface area contributed by atoms with Gasteiger partial charge in [-0.15, -0.1) is 11.3 Å². The Hall–Kier alpha value is -2.14. The SMILES string of the molecule is O=C(Cc1csc2nc(-c3ccccc3)cn12)NC1C2CC3CC(C2)CC1C3. The van der Waals surface area contributed by atoms with Crippen LogP contribution in [0.2, 0.25) is 0 Å². The molecule has 28 heavy (non-hydrogen) atoms. The molecule has 4 aliphatic carbocycles. The van der Waals surface area contributed by atoms with Crippen LogP contribution in [0.4, 0.5) is 0 Å². The number of benzene rings is 1. The Balaban J connectivity index is 1.19. The lowest BCUT2D eigenvalue weighted by Crippen LogP contribution is -2.56. The first kappa shape index (κ1) is 16.8. The van der Waals surface area contributed by atoms with Gasteiger partial charge in [0.2, 0.25) is 5.91 Å². The van der Waals surface area contributed by atoms with Gasteiger partial charge in [-0.05, 0) is 55.8 Å². The summed E-state index contributed by atoms with van der Waals surface area (Å²) in [7, 11) is 0. The fraction of sp³-hybridized carbons (Fsp3) is 0.478. The maximum Gasteiger partial charge on any atom is 0.226 e. The van der Waals surface area contributed by atoms with Gasteiger partial charge >= 0.3 is 0 Å². The summed E-state index contributed by atoms with van der Waals surface area (Å²) in [6, 6.07) is 10.6. The monoisotopic (exact) mass is 391 g/mol. The summed E-state index contributed by atoms with van der Waals surface area (Å²) in [5, 5.41) is 5.51. The van der Waals surface area contributed by atoms with Crippen LogP contribution in [0.15, 0.2) is 41.9 Å². The number of amides is 1. The second kappa shape index (κ2) is 6.45. The number of hydrogen-bond acceptors (Lipinski definition) is 3. The topological polar surface area (TPSA) is 46.4 Å². The molecule has 0 atom stereocenters. The zero-order valence-corrected chi connectivity index (χ0v) is 16.7. The minimum absolute atomic E-state index is 0.173. The number of imidazole rings is 1. The molecular weight excluding hydrogens is 366 g/mol. The number of fused-ring (bicyclic) bond motifs is 1. The van der Waals surface area contributed by atoms with Gasteiger partial charge in [-0.1, -0.05) is 30.3 Å². The Bertz CT molecular complexity index is 993. The number of nitrogens with one attached hydrogen (secondary N) is 1. The Kier molecular flexibility index (Phi) is 3.86. The Morgan fingerprint density at radius 1 is 1.07 bits per heavy atom. The number of hydrogen-bond donors (Lipinski definition) is 1. The third-order valence-corrected chi connectivity index (χ3v) is 8.14. The molecule has 4 fully saturated rings. The zero-order valence-electron chi connectivity index (χ0n) is 15.9. The molecule has 0 spiro atoms.